The fourth-order valence-electron chi connectivity index (χ4n) is 6.73. The van der Waals surface area contributed by atoms with Crippen LogP contribution in [0.15, 0.2) is 54.2 Å². The molecule has 3 aromatic heterocycles. The van der Waals surface area contributed by atoms with Crippen LogP contribution in [0, 0.1) is 0 Å². The molecule has 5 aromatic rings. The third-order valence-electron chi connectivity index (χ3n) is 9.48. The van der Waals surface area contributed by atoms with Crippen LogP contribution < -0.4 is 24.2 Å². The fourth-order valence-corrected chi connectivity index (χ4v) is 7.85. The molecule has 5 heterocycles. The van der Waals surface area contributed by atoms with Gasteiger partial charge in [-0.15, -0.1) is 11.3 Å². The number of ether oxygens (including phenoxy) is 1. The molecular weight excluding hydrogens is 629 g/mol. The van der Waals surface area contributed by atoms with Gasteiger partial charge >= 0.3 is 0 Å². The third-order valence-corrected chi connectivity index (χ3v) is 11.0. The van der Waals surface area contributed by atoms with Crippen molar-refractivity contribution in [1.29, 1.82) is 0 Å². The Labute approximate surface area is 284 Å². The molecule has 13 heteroatoms. The monoisotopic (exact) mass is 670 g/mol. The number of anilines is 6. The first kappa shape index (κ1) is 31.7. The van der Waals surface area contributed by atoms with Gasteiger partial charge in [0.2, 0.25) is 5.95 Å². The Kier molecular flexibility index (Phi) is 9.22. The molecule has 2 saturated heterocycles. The molecule has 246 valence electrons. The average molecular weight is 671 g/mol. The van der Waals surface area contributed by atoms with Gasteiger partial charge in [-0.25, -0.2) is 4.98 Å². The molecule has 0 unspecified atom stereocenters. The summed E-state index contributed by atoms with van der Waals surface area (Å²) in [6, 6.07) is 13.3. The quantitative estimate of drug-likeness (QED) is 0.184. The summed E-state index contributed by atoms with van der Waals surface area (Å²) < 4.78 is 8.02. The minimum atomic E-state index is 0.515. The van der Waals surface area contributed by atoms with Crippen molar-refractivity contribution in [2.75, 3.05) is 93.2 Å². The number of benzene rings is 2. The highest BCUT2D eigenvalue weighted by Crippen LogP contribution is 2.42. The van der Waals surface area contributed by atoms with Crippen molar-refractivity contribution in [3.8, 4) is 5.75 Å². The number of likely N-dealkylation sites (N-methyl/N-ethyl adjacent to an activating group) is 1. The zero-order valence-electron chi connectivity index (χ0n) is 27.7. The van der Waals surface area contributed by atoms with Crippen LogP contribution in [0.5, 0.6) is 5.75 Å². The summed E-state index contributed by atoms with van der Waals surface area (Å²) >= 11 is 3.23. The van der Waals surface area contributed by atoms with Crippen molar-refractivity contribution < 1.29 is 4.74 Å². The molecule has 0 bridgehead atoms. The summed E-state index contributed by atoms with van der Waals surface area (Å²) in [5.74, 6) is 2.09. The van der Waals surface area contributed by atoms with E-state index < -0.39 is 0 Å². The Morgan fingerprint density at radius 2 is 1.74 bits per heavy atom. The number of rotatable bonds is 9. The van der Waals surface area contributed by atoms with E-state index in [0.717, 1.165) is 63.0 Å². The number of aromatic nitrogens is 4. The van der Waals surface area contributed by atoms with E-state index in [1.54, 1.807) is 42.8 Å². The molecule has 0 atom stereocenters. The molecular formula is C34H42N10OS2. The van der Waals surface area contributed by atoms with Crippen LogP contribution in [-0.4, -0.2) is 110 Å². The molecule has 0 amide bonds. The van der Waals surface area contributed by atoms with Crippen LogP contribution in [0.25, 0.3) is 21.3 Å². The van der Waals surface area contributed by atoms with Gasteiger partial charge in [0, 0.05) is 89.8 Å². The Balaban J connectivity index is 1.14. The summed E-state index contributed by atoms with van der Waals surface area (Å²) in [5, 5.41) is 6.53. The second kappa shape index (κ2) is 13.7. The lowest BCUT2D eigenvalue weighted by Crippen LogP contribution is -2.52. The normalized spacial score (nSPS) is 16.6. The second-order valence-electron chi connectivity index (χ2n) is 12.2. The SMILES string of the molecule is COc1cc(N2CCC(N3CCN(C)CC3)CC2)ccc1Nc1nc(N(C)c2ccc3nccnc3c2N(C)SC)c2ccsc2n1. The standard InChI is InChI=1S/C34H42N10OS2/c1-40-17-19-44(20-18-40)23-10-15-43(16-11-23)24-6-7-26(29(22-24)45-4)37-34-38-32(25-12-21-47-33(25)39-34)41(2)28-9-8-27-30(36-14-13-35-27)31(28)42(3)46-5/h6-9,12-14,21-23H,10-11,15-20H2,1-5H3,(H,37,38,39). The van der Waals surface area contributed by atoms with Crippen LogP contribution in [0.4, 0.5) is 34.5 Å². The van der Waals surface area contributed by atoms with Gasteiger partial charge in [0.15, 0.2) is 0 Å². The Morgan fingerprint density at radius 1 is 0.957 bits per heavy atom. The van der Waals surface area contributed by atoms with E-state index in [9.17, 15) is 0 Å². The van der Waals surface area contributed by atoms with E-state index in [0.29, 0.717) is 12.0 Å². The lowest BCUT2D eigenvalue weighted by atomic mass is 10.0. The largest absolute Gasteiger partial charge is 0.494 e. The van der Waals surface area contributed by atoms with E-state index in [-0.39, 0.29) is 0 Å². The maximum absolute atomic E-state index is 5.90. The highest BCUT2D eigenvalue weighted by Gasteiger charge is 2.27. The van der Waals surface area contributed by atoms with E-state index in [2.05, 4.69) is 83.2 Å². The second-order valence-corrected chi connectivity index (χ2v) is 14.0. The minimum absolute atomic E-state index is 0.515. The molecule has 0 spiro atoms. The molecule has 0 radical (unpaired) electrons. The number of hydrogen-bond acceptors (Lipinski definition) is 13. The zero-order valence-corrected chi connectivity index (χ0v) is 29.3. The number of nitrogens with zero attached hydrogens (tertiary/aromatic N) is 9. The number of fused-ring (bicyclic) bond motifs is 2. The van der Waals surface area contributed by atoms with Gasteiger partial charge in [-0.05, 0) is 55.6 Å². The maximum atomic E-state index is 5.90. The first-order valence-corrected chi connectivity index (χ1v) is 18.1. The van der Waals surface area contributed by atoms with E-state index in [1.807, 2.05) is 20.2 Å². The highest BCUT2D eigenvalue weighted by molar-refractivity contribution is 7.99. The summed E-state index contributed by atoms with van der Waals surface area (Å²) in [4.78, 5) is 29.8. The smallest absolute Gasteiger partial charge is 0.230 e. The van der Waals surface area contributed by atoms with Gasteiger partial charge in [-0.2, -0.15) is 4.98 Å². The van der Waals surface area contributed by atoms with Gasteiger partial charge in [-0.1, -0.05) is 11.9 Å². The van der Waals surface area contributed by atoms with E-state index in [4.69, 9.17) is 19.7 Å². The van der Waals surface area contributed by atoms with Crippen LogP contribution in [0.2, 0.25) is 0 Å². The molecule has 47 heavy (non-hydrogen) atoms. The number of piperidine rings is 1. The first-order valence-electron chi connectivity index (χ1n) is 16.1. The summed E-state index contributed by atoms with van der Waals surface area (Å²) in [6.07, 6.45) is 7.90. The molecule has 1 N–H and O–H groups in total. The highest BCUT2D eigenvalue weighted by atomic mass is 32.2. The molecule has 2 aliphatic heterocycles. The van der Waals surface area contributed by atoms with E-state index >= 15 is 0 Å². The molecule has 0 saturated carbocycles. The topological polar surface area (TPSA) is 89.0 Å². The number of thiophene rings is 1. The average Bonchev–Trinajstić information content (AvgIpc) is 3.59. The number of methoxy groups -OCH3 is 1. The number of nitrogens with one attached hydrogen (secondary N) is 1. The maximum Gasteiger partial charge on any atom is 0.230 e. The zero-order chi connectivity index (χ0) is 32.5. The van der Waals surface area contributed by atoms with E-state index in [1.165, 1.54) is 44.7 Å². The number of piperazine rings is 1. The summed E-state index contributed by atoms with van der Waals surface area (Å²) in [7, 11) is 8.03. The van der Waals surface area contributed by atoms with Gasteiger partial charge in [0.05, 0.1) is 35.1 Å². The first-order chi connectivity index (χ1) is 22.9. The van der Waals surface area contributed by atoms with Crippen molar-refractivity contribution in [3.05, 3.63) is 54.2 Å². The van der Waals surface area contributed by atoms with Crippen LogP contribution in [0.3, 0.4) is 0 Å². The molecule has 11 nitrogen and oxygen atoms in total. The van der Waals surface area contributed by atoms with Gasteiger partial charge < -0.3 is 29.1 Å². The third kappa shape index (κ3) is 6.37. The molecule has 7 rings (SSSR count). The van der Waals surface area contributed by atoms with Crippen LogP contribution in [0.1, 0.15) is 12.8 Å². The Bertz CT molecular complexity index is 1850. The lowest BCUT2D eigenvalue weighted by molar-refractivity contribution is 0.0982. The van der Waals surface area contributed by atoms with Crippen molar-refractivity contribution >= 4 is 79.1 Å². The van der Waals surface area contributed by atoms with Gasteiger partial charge in [0.25, 0.3) is 0 Å². The molecule has 2 aliphatic rings. The van der Waals surface area contributed by atoms with Crippen molar-refractivity contribution in [3.63, 3.8) is 0 Å². The Morgan fingerprint density at radius 3 is 2.51 bits per heavy atom. The van der Waals surface area contributed by atoms with Crippen LogP contribution in [-0.2, 0) is 0 Å². The molecule has 2 aromatic carbocycles. The molecule has 2 fully saturated rings. The fraction of sp³-hybridized carbons (Fsp3) is 0.412. The Hall–Kier alpha value is -3.91. The van der Waals surface area contributed by atoms with Gasteiger partial charge in [0.1, 0.15) is 21.9 Å². The predicted octanol–water partition coefficient (Wildman–Crippen LogP) is 6.09. The van der Waals surface area contributed by atoms with Crippen molar-refractivity contribution in [1.82, 2.24) is 29.7 Å². The predicted molar refractivity (Wildman–Crippen MR) is 198 cm³/mol. The summed E-state index contributed by atoms with van der Waals surface area (Å²) in [5.41, 5.74) is 5.66. The van der Waals surface area contributed by atoms with Crippen molar-refractivity contribution in [2.24, 2.45) is 0 Å². The number of hydrogen-bond donors (Lipinski definition) is 1. The molecule has 0 aliphatic carbocycles. The lowest BCUT2D eigenvalue weighted by Gasteiger charge is -2.42. The van der Waals surface area contributed by atoms with Gasteiger partial charge in [-0.3, -0.25) is 14.9 Å². The van der Waals surface area contributed by atoms with Crippen LogP contribution >= 0.6 is 23.3 Å². The summed E-state index contributed by atoms with van der Waals surface area (Å²) in [6.45, 7) is 6.80. The minimum Gasteiger partial charge on any atom is -0.494 e. The van der Waals surface area contributed by atoms with Crippen molar-refractivity contribution in [2.45, 2.75) is 18.9 Å².